The van der Waals surface area contributed by atoms with Gasteiger partial charge in [-0.05, 0) is 61.6 Å². The van der Waals surface area contributed by atoms with E-state index in [9.17, 15) is 28.8 Å². The zero-order valence-corrected chi connectivity index (χ0v) is 34.0. The van der Waals surface area contributed by atoms with E-state index in [1.165, 1.54) is 4.90 Å². The maximum atomic E-state index is 14.4. The molecule has 17 heteroatoms. The zero-order valence-electron chi connectivity index (χ0n) is 34.0. The van der Waals surface area contributed by atoms with Crippen LogP contribution < -0.4 is 43.8 Å². The van der Waals surface area contributed by atoms with E-state index in [1.54, 1.807) is 6.20 Å². The third kappa shape index (κ3) is 11.6. The summed E-state index contributed by atoms with van der Waals surface area (Å²) in [6.45, 7) is 0.0438. The smallest absolute Gasteiger partial charge is 0.247 e. The van der Waals surface area contributed by atoms with Gasteiger partial charge in [-0.2, -0.15) is 0 Å². The Kier molecular flexibility index (Phi) is 15.1. The standard InChI is InChI=1S/C43H59N11O6/c44-30(21-26-11-3-1-4-12-26)37(55)53-35-25-49-38(56)32(17-9-19-47-43(45)46)50-40(58)34(23-28-24-48-31-16-8-7-15-29(28)31)51-39(57)33(22-27-13-5-2-6-14-27)52-41(59)36-18-10-20-54(36)42(35)60/h1,3-4,7-8,11-12,15-16,24,27,30,32-36,48H,2,5-6,9-10,13-14,17-23,25,44H2,(H,49,56)(H,50,58)(H,51,57)(H,52,59)(H,53,55)(H4,45,46,47)/t30-,32-,33+,34-,35-,36-/m0/s1. The van der Waals surface area contributed by atoms with E-state index in [4.69, 9.17) is 17.2 Å². The number of aromatic amines is 1. The first-order valence-corrected chi connectivity index (χ1v) is 21.2. The van der Waals surface area contributed by atoms with Crippen LogP contribution >= 0.6 is 0 Å². The number of guanidine groups is 1. The summed E-state index contributed by atoms with van der Waals surface area (Å²) in [4.78, 5) is 93.8. The van der Waals surface area contributed by atoms with E-state index < -0.39 is 71.7 Å². The number of carbonyl (C=O) groups excluding carboxylic acids is 6. The number of fused-ring (bicyclic) bond motifs is 2. The second kappa shape index (κ2) is 20.8. The molecule has 1 saturated carbocycles. The van der Waals surface area contributed by atoms with Crippen molar-refractivity contribution in [1.82, 2.24) is 36.5 Å². The zero-order chi connectivity index (χ0) is 42.6. The van der Waals surface area contributed by atoms with Crippen molar-refractivity contribution in [2.75, 3.05) is 19.6 Å². The number of nitrogens with one attached hydrogen (secondary N) is 6. The summed E-state index contributed by atoms with van der Waals surface area (Å²) < 4.78 is 0. The molecule has 17 nitrogen and oxygen atoms in total. The molecule has 1 aliphatic carbocycles. The fourth-order valence-electron chi connectivity index (χ4n) is 8.57. The Morgan fingerprint density at radius 2 is 1.52 bits per heavy atom. The van der Waals surface area contributed by atoms with Gasteiger partial charge in [0.15, 0.2) is 5.96 Å². The molecular weight excluding hydrogens is 767 g/mol. The van der Waals surface area contributed by atoms with Crippen LogP contribution in [0.5, 0.6) is 0 Å². The van der Waals surface area contributed by atoms with E-state index >= 15 is 0 Å². The molecule has 60 heavy (non-hydrogen) atoms. The van der Waals surface area contributed by atoms with Gasteiger partial charge in [0.2, 0.25) is 35.4 Å². The van der Waals surface area contributed by atoms with Gasteiger partial charge in [-0.3, -0.25) is 33.8 Å². The first-order chi connectivity index (χ1) is 29.0. The fourth-order valence-corrected chi connectivity index (χ4v) is 8.57. The van der Waals surface area contributed by atoms with E-state index in [1.807, 2.05) is 54.6 Å². The third-order valence-corrected chi connectivity index (χ3v) is 11.8. The maximum Gasteiger partial charge on any atom is 0.247 e. The highest BCUT2D eigenvalue weighted by atomic mass is 16.2. The number of H-pyrrole nitrogens is 1. The van der Waals surface area contributed by atoms with Gasteiger partial charge in [0.05, 0.1) is 6.04 Å². The van der Waals surface area contributed by atoms with Crippen LogP contribution in [0.2, 0.25) is 0 Å². The monoisotopic (exact) mass is 825 g/mol. The number of aliphatic imine (C=N–C) groups is 1. The second-order valence-corrected chi connectivity index (χ2v) is 16.2. The number of para-hydroxylation sites is 1. The molecule has 6 atom stereocenters. The normalized spacial score (nSPS) is 24.1. The van der Waals surface area contributed by atoms with Crippen molar-refractivity contribution in [2.45, 2.75) is 113 Å². The summed E-state index contributed by atoms with van der Waals surface area (Å²) in [6, 6.07) is 10.2. The van der Waals surface area contributed by atoms with Crippen molar-refractivity contribution >= 4 is 52.3 Å². The minimum absolute atomic E-state index is 0.0796. The molecule has 6 rings (SSSR count). The van der Waals surface area contributed by atoms with Crippen molar-refractivity contribution in [1.29, 1.82) is 0 Å². The number of nitrogens with two attached hydrogens (primary N) is 3. The topological polar surface area (TPSA) is 272 Å². The number of nitrogens with zero attached hydrogens (tertiary/aromatic N) is 2. The summed E-state index contributed by atoms with van der Waals surface area (Å²) >= 11 is 0. The van der Waals surface area contributed by atoms with Gasteiger partial charge in [-0.15, -0.1) is 0 Å². The fraction of sp³-hybridized carbons (Fsp3) is 0.512. The van der Waals surface area contributed by atoms with Crippen LogP contribution in [0.3, 0.4) is 0 Å². The molecule has 0 radical (unpaired) electrons. The molecule has 3 aromatic rings. The van der Waals surface area contributed by atoms with Crippen LogP contribution in [0, 0.1) is 5.92 Å². The molecule has 322 valence electrons. The molecule has 3 aliphatic rings. The molecule has 3 fully saturated rings. The molecule has 12 N–H and O–H groups in total. The minimum atomic E-state index is -1.31. The lowest BCUT2D eigenvalue weighted by Crippen LogP contribution is -2.62. The number of amides is 6. The number of aromatic nitrogens is 1. The molecule has 2 saturated heterocycles. The number of hydrogen-bond donors (Lipinski definition) is 9. The Bertz CT molecular complexity index is 2010. The average molecular weight is 826 g/mol. The van der Waals surface area contributed by atoms with Crippen molar-refractivity contribution in [2.24, 2.45) is 28.1 Å². The van der Waals surface area contributed by atoms with Crippen molar-refractivity contribution in [3.63, 3.8) is 0 Å². The number of rotatable bonds is 12. The number of benzene rings is 2. The van der Waals surface area contributed by atoms with Gasteiger partial charge >= 0.3 is 0 Å². The first-order valence-electron chi connectivity index (χ1n) is 21.2. The Morgan fingerprint density at radius 3 is 2.28 bits per heavy atom. The van der Waals surface area contributed by atoms with Gasteiger partial charge in [0, 0.05) is 43.2 Å². The largest absolute Gasteiger partial charge is 0.370 e. The van der Waals surface area contributed by atoms with E-state index in [0.29, 0.717) is 25.7 Å². The van der Waals surface area contributed by atoms with Crippen molar-refractivity contribution < 1.29 is 28.8 Å². The Balaban J connectivity index is 1.33. The van der Waals surface area contributed by atoms with Gasteiger partial charge in [0.1, 0.15) is 30.2 Å². The lowest BCUT2D eigenvalue weighted by molar-refractivity contribution is -0.142. The summed E-state index contributed by atoms with van der Waals surface area (Å²) in [5, 5.41) is 15.1. The van der Waals surface area contributed by atoms with Crippen LogP contribution in [0.25, 0.3) is 10.9 Å². The molecule has 2 aliphatic heterocycles. The highest BCUT2D eigenvalue weighted by Gasteiger charge is 2.41. The van der Waals surface area contributed by atoms with Gasteiger partial charge < -0.3 is 53.7 Å². The molecule has 0 unspecified atom stereocenters. The lowest BCUT2D eigenvalue weighted by atomic mass is 9.84. The molecule has 2 aromatic carbocycles. The third-order valence-electron chi connectivity index (χ3n) is 11.8. The van der Waals surface area contributed by atoms with E-state index in [2.05, 4.69) is 36.6 Å². The minimum Gasteiger partial charge on any atom is -0.370 e. The molecule has 3 heterocycles. The van der Waals surface area contributed by atoms with Gasteiger partial charge in [-0.25, -0.2) is 0 Å². The molecule has 6 amide bonds. The second-order valence-electron chi connectivity index (χ2n) is 16.2. The summed E-state index contributed by atoms with van der Waals surface area (Å²) in [7, 11) is 0. The summed E-state index contributed by atoms with van der Waals surface area (Å²) in [5.41, 5.74) is 19.9. The van der Waals surface area contributed by atoms with E-state index in [-0.39, 0.29) is 50.8 Å². The van der Waals surface area contributed by atoms with Crippen LogP contribution in [0.15, 0.2) is 65.8 Å². The molecular formula is C43H59N11O6. The van der Waals surface area contributed by atoms with Crippen molar-refractivity contribution in [3.8, 4) is 0 Å². The van der Waals surface area contributed by atoms with Gasteiger partial charge in [-0.1, -0.05) is 80.6 Å². The molecule has 1 aromatic heterocycles. The lowest BCUT2D eigenvalue weighted by Gasteiger charge is -2.32. The maximum absolute atomic E-state index is 14.4. The van der Waals surface area contributed by atoms with Crippen LogP contribution in [0.4, 0.5) is 0 Å². The molecule has 0 bridgehead atoms. The van der Waals surface area contributed by atoms with Crippen LogP contribution in [-0.2, 0) is 41.6 Å². The predicted molar refractivity (Wildman–Crippen MR) is 227 cm³/mol. The Morgan fingerprint density at radius 1 is 0.817 bits per heavy atom. The number of carbonyl (C=O) groups is 6. The molecule has 0 spiro atoms. The quantitative estimate of drug-likeness (QED) is 0.0693. The first kappa shape index (κ1) is 43.6. The van der Waals surface area contributed by atoms with Crippen LogP contribution in [-0.4, -0.2) is 107 Å². The Labute approximate surface area is 349 Å². The van der Waals surface area contributed by atoms with Crippen molar-refractivity contribution in [3.05, 3.63) is 71.9 Å². The summed E-state index contributed by atoms with van der Waals surface area (Å²) in [5.74, 6) is -3.46. The highest BCUT2D eigenvalue weighted by molar-refractivity contribution is 5.98. The predicted octanol–water partition coefficient (Wildman–Crippen LogP) is 0.364. The van der Waals surface area contributed by atoms with Crippen LogP contribution in [0.1, 0.15) is 75.3 Å². The Hall–Kier alpha value is -5.97. The summed E-state index contributed by atoms with van der Waals surface area (Å²) in [6.07, 6.45) is 8.58. The average Bonchev–Trinajstić information content (AvgIpc) is 3.91. The highest BCUT2D eigenvalue weighted by Crippen LogP contribution is 2.28. The SMILES string of the molecule is NC(N)=NCCC[C@@H]1NC(=O)[C@H](Cc2c[nH]c3ccccc23)NC(=O)[C@@H](CC2CCCCC2)NC(=O)[C@@H]2CCCN2C(=O)[C@@H](NC(=O)[C@@H](N)Cc2ccccc2)CNC1=O. The van der Waals surface area contributed by atoms with Gasteiger partial charge in [0.25, 0.3) is 0 Å². The van der Waals surface area contributed by atoms with E-state index in [0.717, 1.165) is 54.1 Å². The number of hydrogen-bond acceptors (Lipinski definition) is 8.